The molecule has 2 heterocycles. The first-order valence-corrected chi connectivity index (χ1v) is 9.10. The van der Waals surface area contributed by atoms with E-state index in [9.17, 15) is 18.0 Å². The highest BCUT2D eigenvalue weighted by molar-refractivity contribution is 7.27. The Morgan fingerprint density at radius 3 is 2.72 bits per heavy atom. The lowest BCUT2D eigenvalue weighted by molar-refractivity contribution is 0.512. The van der Waals surface area contributed by atoms with Crippen LogP contribution in [0.4, 0.5) is 24.8 Å². The Balaban J connectivity index is 1.78. The molecule has 0 saturated heterocycles. The Hall–Kier alpha value is -3.25. The maximum atomic E-state index is 13.9. The van der Waals surface area contributed by atoms with E-state index in [1.165, 1.54) is 10.6 Å². The average Bonchev–Trinajstić information content (AvgIpc) is 2.70. The molecule has 5 nitrogen and oxygen atoms in total. The van der Waals surface area contributed by atoms with Gasteiger partial charge in [-0.15, -0.1) is 9.24 Å². The zero-order chi connectivity index (χ0) is 20.5. The van der Waals surface area contributed by atoms with Crippen molar-refractivity contribution in [1.29, 1.82) is 0 Å². The quantitative estimate of drug-likeness (QED) is 0.520. The van der Waals surface area contributed by atoms with E-state index in [1.807, 2.05) is 6.07 Å². The molecule has 2 aromatic carbocycles. The van der Waals surface area contributed by atoms with Gasteiger partial charge in [-0.25, -0.2) is 8.78 Å². The second-order valence-corrected chi connectivity index (χ2v) is 6.98. The molecule has 29 heavy (non-hydrogen) atoms. The van der Waals surface area contributed by atoms with Crippen molar-refractivity contribution < 1.29 is 13.2 Å². The lowest BCUT2D eigenvalue weighted by atomic mass is 10.1. The molecule has 1 atom stereocenters. The molecule has 4 aromatic rings. The van der Waals surface area contributed by atoms with Crippen LogP contribution in [0.5, 0.6) is 0 Å². The Morgan fingerprint density at radius 2 is 1.93 bits per heavy atom. The van der Waals surface area contributed by atoms with Crippen molar-refractivity contribution >= 4 is 37.0 Å². The molecule has 0 fully saturated rings. The van der Waals surface area contributed by atoms with Crippen molar-refractivity contribution in [1.82, 2.24) is 14.5 Å². The molecule has 1 unspecified atom stereocenters. The lowest BCUT2D eigenvalue weighted by Gasteiger charge is -2.16. The maximum Gasteiger partial charge on any atom is 0.310 e. The number of nitrogens with zero attached hydrogens (tertiary/aromatic N) is 3. The highest BCUT2D eigenvalue weighted by Gasteiger charge is 2.13. The van der Waals surface area contributed by atoms with Crippen molar-refractivity contribution in [2.45, 2.75) is 6.54 Å². The van der Waals surface area contributed by atoms with Crippen molar-refractivity contribution in [2.75, 3.05) is 5.32 Å². The summed E-state index contributed by atoms with van der Waals surface area (Å²) >= 11 is 0. The Kier molecular flexibility index (Phi) is 5.03. The number of rotatable bonds is 4. The van der Waals surface area contributed by atoms with Crippen molar-refractivity contribution in [3.05, 3.63) is 88.4 Å². The van der Waals surface area contributed by atoms with Crippen molar-refractivity contribution in [3.63, 3.8) is 0 Å². The van der Waals surface area contributed by atoms with Crippen LogP contribution in [0.3, 0.4) is 0 Å². The highest BCUT2D eigenvalue weighted by Crippen LogP contribution is 2.25. The molecule has 0 radical (unpaired) electrons. The van der Waals surface area contributed by atoms with E-state index in [1.54, 1.807) is 30.6 Å². The number of pyridine rings is 1. The predicted molar refractivity (Wildman–Crippen MR) is 108 cm³/mol. The number of anilines is 2. The third-order valence-corrected chi connectivity index (χ3v) is 4.77. The van der Waals surface area contributed by atoms with E-state index in [-0.39, 0.29) is 17.8 Å². The van der Waals surface area contributed by atoms with Crippen LogP contribution in [-0.2, 0) is 6.54 Å². The largest absolute Gasteiger partial charge is 0.325 e. The monoisotopic (exact) mass is 414 g/mol. The molecule has 1 N–H and O–H groups in total. The molecule has 0 aliphatic carbocycles. The van der Waals surface area contributed by atoms with Crippen molar-refractivity contribution in [3.8, 4) is 0 Å². The summed E-state index contributed by atoms with van der Waals surface area (Å²) in [5.41, 5.74) is -0.0132. The van der Waals surface area contributed by atoms with Gasteiger partial charge in [-0.3, -0.25) is 9.78 Å². The van der Waals surface area contributed by atoms with Gasteiger partial charge in [0.15, 0.2) is 11.6 Å². The molecular formula is C20H14F3N4OP. The summed E-state index contributed by atoms with van der Waals surface area (Å²) in [6.45, 7) is -0.0303. The Labute approximate surface area is 165 Å². The van der Waals surface area contributed by atoms with Crippen LogP contribution in [0.15, 0.2) is 59.8 Å². The molecule has 0 amide bonds. The number of hydrogen-bond acceptors (Lipinski definition) is 4. The van der Waals surface area contributed by atoms with Gasteiger partial charge in [-0.1, -0.05) is 12.1 Å². The van der Waals surface area contributed by atoms with E-state index >= 15 is 0 Å². The molecule has 9 heteroatoms. The van der Waals surface area contributed by atoms with Crippen LogP contribution in [0.2, 0.25) is 0 Å². The van der Waals surface area contributed by atoms with Crippen LogP contribution in [0.1, 0.15) is 5.56 Å². The number of halogens is 3. The summed E-state index contributed by atoms with van der Waals surface area (Å²) in [5.74, 6) is -2.97. The zero-order valence-corrected chi connectivity index (χ0v) is 16.0. The average molecular weight is 414 g/mol. The Morgan fingerprint density at radius 1 is 1.10 bits per heavy atom. The van der Waals surface area contributed by atoms with Gasteiger partial charge in [0.25, 0.3) is 0 Å². The topological polar surface area (TPSA) is 59.8 Å². The van der Waals surface area contributed by atoms with Gasteiger partial charge >= 0.3 is 5.56 Å². The fourth-order valence-electron chi connectivity index (χ4n) is 3.00. The number of nitrogens with one attached hydrogen (secondary N) is 1. The van der Waals surface area contributed by atoms with Crippen LogP contribution in [-0.4, -0.2) is 14.5 Å². The molecule has 0 spiro atoms. The summed E-state index contributed by atoms with van der Waals surface area (Å²) < 4.78 is 42.5. The number of fused-ring (bicyclic) bond motifs is 1. The SMILES string of the molecule is O=c1nc(Nc2cccc3cnccc23)n(Cc2cc(F)c(F)c(P)c2)cc1F. The number of hydrogen-bond donors (Lipinski definition) is 1. The molecule has 0 aliphatic rings. The minimum Gasteiger partial charge on any atom is -0.325 e. The summed E-state index contributed by atoms with van der Waals surface area (Å²) in [6.07, 6.45) is 4.29. The smallest absolute Gasteiger partial charge is 0.310 e. The first-order valence-electron chi connectivity index (χ1n) is 8.52. The Bertz CT molecular complexity index is 1260. The van der Waals surface area contributed by atoms with Crippen LogP contribution < -0.4 is 16.2 Å². The van der Waals surface area contributed by atoms with E-state index in [0.717, 1.165) is 23.0 Å². The van der Waals surface area contributed by atoms with E-state index in [4.69, 9.17) is 0 Å². The predicted octanol–water partition coefficient (Wildman–Crippen LogP) is 3.50. The maximum absolute atomic E-state index is 13.9. The standard InChI is InChI=1S/C20H14F3N4OP/c21-14-6-11(7-17(29)18(14)23)9-27-10-15(22)19(28)26-20(27)25-16-3-1-2-12-8-24-5-4-13(12)16/h1-8,10H,9,29H2,(H,25,26,28). The lowest BCUT2D eigenvalue weighted by Crippen LogP contribution is -2.20. The van der Waals surface area contributed by atoms with Gasteiger partial charge < -0.3 is 9.88 Å². The zero-order valence-electron chi connectivity index (χ0n) is 14.9. The van der Waals surface area contributed by atoms with E-state index < -0.39 is 23.0 Å². The molecule has 4 rings (SSSR count). The van der Waals surface area contributed by atoms with Crippen LogP contribution in [0.25, 0.3) is 10.8 Å². The summed E-state index contributed by atoms with van der Waals surface area (Å²) in [7, 11) is 2.11. The number of aromatic nitrogens is 3. The van der Waals surface area contributed by atoms with Gasteiger partial charge in [0.2, 0.25) is 11.8 Å². The first-order chi connectivity index (χ1) is 13.9. The fourth-order valence-corrected chi connectivity index (χ4v) is 3.35. The van der Waals surface area contributed by atoms with Gasteiger partial charge in [0.05, 0.1) is 6.54 Å². The summed E-state index contributed by atoms with van der Waals surface area (Å²) in [4.78, 5) is 19.6. The first kappa shape index (κ1) is 19.1. The third kappa shape index (κ3) is 3.84. The minimum absolute atomic E-state index is 0.0303. The molecule has 0 aliphatic heterocycles. The van der Waals surface area contributed by atoms with Gasteiger partial charge in [0.1, 0.15) is 0 Å². The van der Waals surface area contributed by atoms with E-state index in [2.05, 4.69) is 24.5 Å². The van der Waals surface area contributed by atoms with Gasteiger partial charge in [0, 0.05) is 40.4 Å². The van der Waals surface area contributed by atoms with Gasteiger partial charge in [-0.05, 0) is 29.8 Å². The second kappa shape index (κ2) is 7.64. The molecule has 146 valence electrons. The fraction of sp³-hybridized carbons (Fsp3) is 0.0500. The second-order valence-electron chi connectivity index (χ2n) is 6.35. The van der Waals surface area contributed by atoms with E-state index in [0.29, 0.717) is 11.3 Å². The molecule has 2 aromatic heterocycles. The molecule has 0 bridgehead atoms. The minimum atomic E-state index is -1.05. The third-order valence-electron chi connectivity index (χ3n) is 4.35. The van der Waals surface area contributed by atoms with Crippen molar-refractivity contribution in [2.24, 2.45) is 0 Å². The molecular weight excluding hydrogens is 400 g/mol. The number of benzene rings is 2. The molecule has 0 saturated carbocycles. The normalized spacial score (nSPS) is 11.0. The van der Waals surface area contributed by atoms with Crippen LogP contribution >= 0.6 is 9.24 Å². The summed E-state index contributed by atoms with van der Waals surface area (Å²) in [6, 6.07) is 9.69. The summed E-state index contributed by atoms with van der Waals surface area (Å²) in [5, 5.41) is 4.76. The van der Waals surface area contributed by atoms with Gasteiger partial charge in [-0.2, -0.15) is 9.37 Å². The van der Waals surface area contributed by atoms with Crippen LogP contribution in [0, 0.1) is 17.5 Å². The highest BCUT2D eigenvalue weighted by atomic mass is 31.0.